The number of nitrogens with one attached hydrogen (secondary N) is 2. The van der Waals surface area contributed by atoms with E-state index in [9.17, 15) is 15.0 Å². The molecule has 1 aliphatic carbocycles. The lowest BCUT2D eigenvalue weighted by Crippen LogP contribution is -2.44. The van der Waals surface area contributed by atoms with Crippen molar-refractivity contribution in [3.63, 3.8) is 0 Å². The predicted molar refractivity (Wildman–Crippen MR) is 171 cm³/mol. The van der Waals surface area contributed by atoms with Crippen LogP contribution in [0.15, 0.2) is 42.5 Å². The Morgan fingerprint density at radius 1 is 1.07 bits per heavy atom. The van der Waals surface area contributed by atoms with Crippen molar-refractivity contribution in [1.29, 1.82) is 0 Å². The molecule has 0 aliphatic heterocycles. The van der Waals surface area contributed by atoms with E-state index in [0.29, 0.717) is 18.5 Å². The summed E-state index contributed by atoms with van der Waals surface area (Å²) in [5.74, 6) is 0.978. The van der Waals surface area contributed by atoms with E-state index in [1.54, 1.807) is 6.07 Å². The molecule has 3 rings (SSSR count). The zero-order valence-electron chi connectivity index (χ0n) is 26.3. The molecule has 1 fully saturated rings. The van der Waals surface area contributed by atoms with E-state index in [-0.39, 0.29) is 35.4 Å². The summed E-state index contributed by atoms with van der Waals surface area (Å²) in [7, 11) is -2.08. The van der Waals surface area contributed by atoms with E-state index in [2.05, 4.69) is 63.6 Å². The second-order valence-electron chi connectivity index (χ2n) is 13.6. The number of aliphatic hydroxyl groups excluding tert-OH is 1. The van der Waals surface area contributed by atoms with Crippen LogP contribution in [0, 0.1) is 5.92 Å². The number of hydrogen-bond donors (Lipinski definition) is 4. The Labute approximate surface area is 249 Å². The fraction of sp³-hybridized carbons (Fsp3) is 0.618. The highest BCUT2D eigenvalue weighted by molar-refractivity contribution is 6.74. The maximum atomic E-state index is 12.6. The molecule has 0 spiro atoms. The van der Waals surface area contributed by atoms with Crippen LogP contribution in [0.4, 0.5) is 0 Å². The third kappa shape index (κ3) is 10.5. The molecule has 1 aliphatic rings. The van der Waals surface area contributed by atoms with Crippen molar-refractivity contribution in [2.24, 2.45) is 5.92 Å². The second-order valence-corrected chi connectivity index (χ2v) is 18.3. The third-order valence-electron chi connectivity index (χ3n) is 9.04. The molecule has 2 aromatic carbocycles. The zero-order valence-corrected chi connectivity index (χ0v) is 27.3. The Morgan fingerprint density at radius 2 is 1.78 bits per heavy atom. The molecule has 0 heterocycles. The largest absolute Gasteiger partial charge is 0.508 e. The number of aromatic hydroxyl groups is 1. The van der Waals surface area contributed by atoms with Gasteiger partial charge >= 0.3 is 0 Å². The van der Waals surface area contributed by atoms with Crippen molar-refractivity contribution < 1.29 is 19.4 Å². The quantitative estimate of drug-likeness (QED) is 0.184. The van der Waals surface area contributed by atoms with Crippen molar-refractivity contribution in [3.8, 4) is 5.75 Å². The van der Waals surface area contributed by atoms with Crippen LogP contribution < -0.4 is 10.6 Å². The minimum absolute atomic E-state index is 0.0518. The van der Waals surface area contributed by atoms with E-state index < -0.39 is 8.32 Å². The van der Waals surface area contributed by atoms with Crippen LogP contribution in [0.25, 0.3) is 0 Å². The normalized spacial score (nSPS) is 16.4. The van der Waals surface area contributed by atoms with Crippen LogP contribution in [0.1, 0.15) is 94.6 Å². The Kier molecular flexibility index (Phi) is 12.5. The van der Waals surface area contributed by atoms with Crippen molar-refractivity contribution in [1.82, 2.24) is 10.6 Å². The Balaban J connectivity index is 1.57. The fourth-order valence-corrected chi connectivity index (χ4v) is 6.72. The van der Waals surface area contributed by atoms with Gasteiger partial charge in [-0.05, 0) is 72.6 Å². The van der Waals surface area contributed by atoms with Crippen LogP contribution in [0.3, 0.4) is 0 Å². The van der Waals surface area contributed by atoms with E-state index in [4.69, 9.17) is 4.43 Å². The highest BCUT2D eigenvalue weighted by atomic mass is 28.4. The van der Waals surface area contributed by atoms with E-state index >= 15 is 0 Å². The first-order valence-electron chi connectivity index (χ1n) is 15.6. The predicted octanol–water partition coefficient (Wildman–Crippen LogP) is 6.80. The van der Waals surface area contributed by atoms with Gasteiger partial charge in [0, 0.05) is 24.7 Å². The fourth-order valence-electron chi connectivity index (χ4n) is 5.43. The summed E-state index contributed by atoms with van der Waals surface area (Å²) in [5.41, 5.74) is 3.71. The molecule has 4 N–H and O–H groups in total. The Hall–Kier alpha value is -2.19. The first-order valence-corrected chi connectivity index (χ1v) is 18.5. The van der Waals surface area contributed by atoms with Crippen LogP contribution in [0.2, 0.25) is 18.1 Å². The summed E-state index contributed by atoms with van der Waals surface area (Å²) >= 11 is 0. The molecule has 0 unspecified atom stereocenters. The number of phenols is 1. The van der Waals surface area contributed by atoms with E-state index in [1.807, 2.05) is 24.3 Å². The van der Waals surface area contributed by atoms with E-state index in [1.165, 1.54) is 37.7 Å². The van der Waals surface area contributed by atoms with Crippen molar-refractivity contribution >= 4 is 14.2 Å². The number of carbonyl (C=O) groups excluding carboxylic acids is 1. The molecular formula is C34H54N2O4Si. The van der Waals surface area contributed by atoms with Gasteiger partial charge < -0.3 is 25.3 Å². The lowest BCUT2D eigenvalue weighted by molar-refractivity contribution is -0.120. The van der Waals surface area contributed by atoms with Gasteiger partial charge in [-0.15, -0.1) is 0 Å². The first kappa shape index (κ1) is 33.3. The number of hydrogen-bond acceptors (Lipinski definition) is 5. The minimum Gasteiger partial charge on any atom is -0.508 e. The molecule has 2 aromatic rings. The van der Waals surface area contributed by atoms with Gasteiger partial charge in [0.05, 0.1) is 19.1 Å². The van der Waals surface area contributed by atoms with Gasteiger partial charge in [0.15, 0.2) is 8.32 Å². The van der Waals surface area contributed by atoms with Crippen LogP contribution in [-0.2, 0) is 28.7 Å². The van der Waals surface area contributed by atoms with Crippen molar-refractivity contribution in [2.75, 3.05) is 13.1 Å². The lowest BCUT2D eigenvalue weighted by Gasteiger charge is -2.40. The lowest BCUT2D eigenvalue weighted by atomic mass is 9.87. The molecule has 0 radical (unpaired) electrons. The Bertz CT molecular complexity index is 1110. The molecule has 2 atom stereocenters. The molecule has 0 bridgehead atoms. The summed E-state index contributed by atoms with van der Waals surface area (Å²) in [6, 6.07) is 13.9. The van der Waals surface area contributed by atoms with Gasteiger partial charge in [-0.3, -0.25) is 4.79 Å². The van der Waals surface area contributed by atoms with Crippen molar-refractivity contribution in [2.45, 2.75) is 116 Å². The average molecular weight is 583 g/mol. The first-order chi connectivity index (χ1) is 19.4. The topological polar surface area (TPSA) is 90.8 Å². The van der Waals surface area contributed by atoms with Crippen molar-refractivity contribution in [3.05, 3.63) is 64.7 Å². The van der Waals surface area contributed by atoms with Gasteiger partial charge in [0.2, 0.25) is 5.91 Å². The average Bonchev–Trinajstić information content (AvgIpc) is 2.91. The number of benzene rings is 2. The SMILES string of the molecule is C[C@H](Cc1cccc(CC(=O)NCCC2CCCCC2)c1)NC[C@H](O[Si](C)(C)C(C)(C)C)c1ccc(O)c(CO)c1. The molecule has 1 saturated carbocycles. The van der Waals surface area contributed by atoms with Crippen LogP contribution in [-0.4, -0.2) is 43.6 Å². The number of rotatable bonds is 14. The molecule has 6 nitrogen and oxygen atoms in total. The molecular weight excluding hydrogens is 528 g/mol. The summed E-state index contributed by atoms with van der Waals surface area (Å²) in [6.45, 7) is 14.5. The molecule has 0 saturated heterocycles. The van der Waals surface area contributed by atoms with Crippen LogP contribution in [0.5, 0.6) is 5.75 Å². The number of aliphatic hydroxyl groups is 1. The summed E-state index contributed by atoms with van der Waals surface area (Å²) in [5, 5.41) is 26.7. The monoisotopic (exact) mass is 582 g/mol. The van der Waals surface area contributed by atoms with Gasteiger partial charge in [-0.1, -0.05) is 83.2 Å². The Morgan fingerprint density at radius 3 is 2.46 bits per heavy atom. The van der Waals surface area contributed by atoms with Crippen LogP contribution >= 0.6 is 0 Å². The molecule has 7 heteroatoms. The van der Waals surface area contributed by atoms with Gasteiger partial charge in [0.25, 0.3) is 0 Å². The maximum Gasteiger partial charge on any atom is 0.224 e. The molecule has 0 aromatic heterocycles. The molecule has 228 valence electrons. The minimum atomic E-state index is -2.08. The molecule has 41 heavy (non-hydrogen) atoms. The van der Waals surface area contributed by atoms with Gasteiger partial charge in [0.1, 0.15) is 5.75 Å². The zero-order chi connectivity index (χ0) is 30.0. The standard InChI is InChI=1S/C34H54N2O4Si/c1-25(19-27-13-10-14-28(20-27)21-33(39)35-18-17-26-11-8-7-9-12-26)36-23-32(40-41(5,6)34(2,3)4)29-15-16-31(38)30(22-29)24-37/h10,13-16,20,22,25-26,32,36-38H,7-9,11-12,17-19,21,23-24H2,1-6H3,(H,35,39)/t25-,32+/m1/s1. The van der Waals surface area contributed by atoms with E-state index in [0.717, 1.165) is 36.4 Å². The third-order valence-corrected chi connectivity index (χ3v) is 13.5. The van der Waals surface area contributed by atoms with Gasteiger partial charge in [-0.2, -0.15) is 0 Å². The molecule has 1 amide bonds. The highest BCUT2D eigenvalue weighted by Gasteiger charge is 2.39. The highest BCUT2D eigenvalue weighted by Crippen LogP contribution is 2.40. The second kappa shape index (κ2) is 15.3. The number of carbonyl (C=O) groups is 1. The van der Waals surface area contributed by atoms with Gasteiger partial charge in [-0.25, -0.2) is 0 Å². The summed E-state index contributed by atoms with van der Waals surface area (Å²) in [4.78, 5) is 12.6. The number of amides is 1. The maximum absolute atomic E-state index is 12.6. The summed E-state index contributed by atoms with van der Waals surface area (Å²) in [6.07, 6.45) is 8.81. The summed E-state index contributed by atoms with van der Waals surface area (Å²) < 4.78 is 6.83. The smallest absolute Gasteiger partial charge is 0.224 e.